The van der Waals surface area contributed by atoms with Crippen molar-refractivity contribution in [2.24, 2.45) is 0 Å². The van der Waals surface area contributed by atoms with Crippen molar-refractivity contribution in [1.82, 2.24) is 9.80 Å². The Morgan fingerprint density at radius 2 is 1.72 bits per heavy atom. The van der Waals surface area contributed by atoms with Crippen LogP contribution < -0.4 is 0 Å². The van der Waals surface area contributed by atoms with Crippen LogP contribution in [0.1, 0.15) is 50.2 Å². The Kier molecular flexibility index (Phi) is 5.20. The van der Waals surface area contributed by atoms with Crippen LogP contribution in [0, 0.1) is 0 Å². The van der Waals surface area contributed by atoms with Gasteiger partial charge in [-0.05, 0) is 61.9 Å². The number of carboxylic acids is 1. The highest BCUT2D eigenvalue weighted by Crippen LogP contribution is 2.45. The topological polar surface area (TPSA) is 70.1 Å². The Balaban J connectivity index is 1.42. The summed E-state index contributed by atoms with van der Waals surface area (Å²) in [5, 5.41) is 10.3. The van der Waals surface area contributed by atoms with Gasteiger partial charge in [0.25, 0.3) is 0 Å². The minimum atomic E-state index is -1.23. The number of hydrogen-bond donors (Lipinski definition) is 1. The predicted octanol–water partition coefficient (Wildman–Crippen LogP) is 4.34. The van der Waals surface area contributed by atoms with E-state index in [9.17, 15) is 14.7 Å². The molecule has 32 heavy (non-hydrogen) atoms. The quantitative estimate of drug-likeness (QED) is 0.758. The minimum Gasteiger partial charge on any atom is -0.479 e. The molecule has 3 aliphatic rings. The number of carboxylic acid groups (broad SMARTS) is 1. The van der Waals surface area contributed by atoms with Gasteiger partial charge in [0.1, 0.15) is 6.61 Å². The second kappa shape index (κ2) is 7.93. The van der Waals surface area contributed by atoms with E-state index in [1.807, 2.05) is 38.1 Å². The lowest BCUT2D eigenvalue weighted by molar-refractivity contribution is -0.153. The fraction of sp³-hybridized carbons (Fsp3) is 0.462. The molecule has 0 aromatic heterocycles. The summed E-state index contributed by atoms with van der Waals surface area (Å²) in [6.45, 7) is 5.56. The SMILES string of the molecule is CC(C)N(C(=O)OCC1c2ccccc2-c2ccccc21)C1(C(=O)O)CCN2CCCC21. The first-order valence-corrected chi connectivity index (χ1v) is 11.6. The first kappa shape index (κ1) is 21.0. The summed E-state index contributed by atoms with van der Waals surface area (Å²) in [4.78, 5) is 29.8. The molecule has 0 bridgehead atoms. The number of carbonyl (C=O) groups excluding carboxylic acids is 1. The van der Waals surface area contributed by atoms with Gasteiger partial charge in [0.05, 0.1) is 0 Å². The number of rotatable bonds is 5. The van der Waals surface area contributed by atoms with Gasteiger partial charge in [0.2, 0.25) is 0 Å². The number of ether oxygens (including phenoxy) is 1. The average molecular weight is 435 g/mol. The zero-order chi connectivity index (χ0) is 22.5. The number of carbonyl (C=O) groups is 2. The molecule has 6 nitrogen and oxygen atoms in total. The molecule has 0 radical (unpaired) electrons. The monoisotopic (exact) mass is 434 g/mol. The molecule has 2 heterocycles. The highest BCUT2D eigenvalue weighted by atomic mass is 16.6. The van der Waals surface area contributed by atoms with Crippen LogP contribution in [0.15, 0.2) is 48.5 Å². The molecular weight excluding hydrogens is 404 g/mol. The zero-order valence-corrected chi connectivity index (χ0v) is 18.7. The van der Waals surface area contributed by atoms with E-state index in [0.29, 0.717) is 13.0 Å². The Hall–Kier alpha value is -2.86. The Labute approximate surface area is 188 Å². The van der Waals surface area contributed by atoms with Crippen LogP contribution in [0.4, 0.5) is 4.79 Å². The van der Waals surface area contributed by atoms with E-state index in [1.54, 1.807) is 0 Å². The van der Waals surface area contributed by atoms with E-state index in [1.165, 1.54) is 16.0 Å². The van der Waals surface area contributed by atoms with Crippen LogP contribution in [-0.2, 0) is 9.53 Å². The first-order chi connectivity index (χ1) is 15.4. The second-order valence-electron chi connectivity index (χ2n) is 9.44. The van der Waals surface area contributed by atoms with Gasteiger partial charge in [0, 0.05) is 24.5 Å². The molecule has 2 aromatic carbocycles. The minimum absolute atomic E-state index is 0.0484. The summed E-state index contributed by atoms with van der Waals surface area (Å²) in [6.07, 6.45) is 1.68. The highest BCUT2D eigenvalue weighted by molar-refractivity contribution is 5.86. The van der Waals surface area contributed by atoms with E-state index in [2.05, 4.69) is 29.2 Å². The lowest BCUT2D eigenvalue weighted by Gasteiger charge is -2.43. The van der Waals surface area contributed by atoms with Crippen LogP contribution >= 0.6 is 0 Å². The fourth-order valence-electron chi connectivity index (χ4n) is 6.25. The Morgan fingerprint density at radius 1 is 1.09 bits per heavy atom. The Morgan fingerprint density at radius 3 is 2.31 bits per heavy atom. The average Bonchev–Trinajstić information content (AvgIpc) is 3.46. The van der Waals surface area contributed by atoms with E-state index in [-0.39, 0.29) is 24.6 Å². The molecule has 5 rings (SSSR count). The molecular formula is C26H30N2O4. The maximum Gasteiger partial charge on any atom is 0.411 e. The molecule has 1 aliphatic carbocycles. The molecule has 6 heteroatoms. The van der Waals surface area contributed by atoms with Gasteiger partial charge in [-0.2, -0.15) is 0 Å². The van der Waals surface area contributed by atoms with Crippen molar-refractivity contribution in [3.8, 4) is 11.1 Å². The molecule has 2 unspecified atom stereocenters. The van der Waals surface area contributed by atoms with E-state index < -0.39 is 17.6 Å². The third kappa shape index (κ3) is 3.04. The number of hydrogen-bond acceptors (Lipinski definition) is 4. The predicted molar refractivity (Wildman–Crippen MR) is 122 cm³/mol. The van der Waals surface area contributed by atoms with Crippen molar-refractivity contribution < 1.29 is 19.4 Å². The standard InChI is InChI=1S/C26H30N2O4/c1-17(2)28(26(24(29)30)13-15-27-14-7-12-23(26)27)25(31)32-16-22-20-10-5-3-8-18(20)19-9-4-6-11-21(19)22/h3-6,8-11,17,22-23H,7,12-16H2,1-2H3,(H,29,30). The lowest BCUT2D eigenvalue weighted by Crippen LogP contribution is -2.64. The van der Waals surface area contributed by atoms with Crippen LogP contribution in [0.5, 0.6) is 0 Å². The smallest absolute Gasteiger partial charge is 0.411 e. The summed E-state index contributed by atoms with van der Waals surface area (Å²) >= 11 is 0. The van der Waals surface area contributed by atoms with Crippen LogP contribution in [-0.4, -0.2) is 64.3 Å². The molecule has 2 saturated heterocycles. The van der Waals surface area contributed by atoms with Crippen molar-refractivity contribution in [3.05, 3.63) is 59.7 Å². The molecule has 2 atom stereocenters. The number of nitrogens with zero attached hydrogens (tertiary/aromatic N) is 2. The first-order valence-electron chi connectivity index (χ1n) is 11.6. The van der Waals surface area contributed by atoms with E-state index >= 15 is 0 Å². The summed E-state index contributed by atoms with van der Waals surface area (Å²) in [7, 11) is 0. The molecule has 0 spiro atoms. The number of benzene rings is 2. The van der Waals surface area contributed by atoms with Crippen molar-refractivity contribution in [2.75, 3.05) is 19.7 Å². The normalized spacial score (nSPS) is 24.3. The third-order valence-electron chi connectivity index (χ3n) is 7.54. The van der Waals surface area contributed by atoms with Crippen molar-refractivity contribution in [1.29, 1.82) is 0 Å². The molecule has 1 amide bonds. The van der Waals surface area contributed by atoms with E-state index in [0.717, 1.165) is 30.5 Å². The van der Waals surface area contributed by atoms with Gasteiger partial charge in [-0.15, -0.1) is 0 Å². The van der Waals surface area contributed by atoms with Gasteiger partial charge >= 0.3 is 12.1 Å². The number of amides is 1. The second-order valence-corrected chi connectivity index (χ2v) is 9.44. The summed E-state index contributed by atoms with van der Waals surface area (Å²) in [5.74, 6) is -0.971. The molecule has 1 N–H and O–H groups in total. The van der Waals surface area contributed by atoms with Crippen LogP contribution in [0.2, 0.25) is 0 Å². The van der Waals surface area contributed by atoms with Crippen LogP contribution in [0.3, 0.4) is 0 Å². The maximum atomic E-state index is 13.5. The number of fused-ring (bicyclic) bond motifs is 4. The van der Waals surface area contributed by atoms with Gasteiger partial charge in [-0.3, -0.25) is 9.80 Å². The summed E-state index contributed by atoms with van der Waals surface area (Å²) < 4.78 is 5.90. The molecule has 2 aliphatic heterocycles. The summed E-state index contributed by atoms with van der Waals surface area (Å²) in [6, 6.07) is 16.0. The zero-order valence-electron chi connectivity index (χ0n) is 18.7. The number of aliphatic carboxylic acids is 1. The van der Waals surface area contributed by atoms with E-state index in [4.69, 9.17) is 4.74 Å². The lowest BCUT2D eigenvalue weighted by atomic mass is 9.86. The highest BCUT2D eigenvalue weighted by Gasteiger charge is 2.60. The van der Waals surface area contributed by atoms with Gasteiger partial charge in [-0.1, -0.05) is 48.5 Å². The van der Waals surface area contributed by atoms with Crippen LogP contribution in [0.25, 0.3) is 11.1 Å². The largest absolute Gasteiger partial charge is 0.479 e. The van der Waals surface area contributed by atoms with Gasteiger partial charge in [-0.25, -0.2) is 9.59 Å². The molecule has 0 saturated carbocycles. The summed E-state index contributed by atoms with van der Waals surface area (Å²) in [5.41, 5.74) is 3.41. The fourth-order valence-corrected chi connectivity index (χ4v) is 6.25. The van der Waals surface area contributed by atoms with Crippen molar-refractivity contribution in [2.45, 2.75) is 56.7 Å². The van der Waals surface area contributed by atoms with Crippen molar-refractivity contribution in [3.63, 3.8) is 0 Å². The maximum absolute atomic E-state index is 13.5. The molecule has 2 fully saturated rings. The van der Waals surface area contributed by atoms with Gasteiger partial charge in [0.15, 0.2) is 5.54 Å². The molecule has 2 aromatic rings. The third-order valence-corrected chi connectivity index (χ3v) is 7.54. The Bertz CT molecular complexity index is 1010. The van der Waals surface area contributed by atoms with Gasteiger partial charge < -0.3 is 9.84 Å². The van der Waals surface area contributed by atoms with Crippen molar-refractivity contribution >= 4 is 12.1 Å². The molecule has 168 valence electrons.